The second-order valence-electron chi connectivity index (χ2n) is 3.84. The summed E-state index contributed by atoms with van der Waals surface area (Å²) in [4.78, 5) is 0. The van der Waals surface area contributed by atoms with E-state index in [1.165, 1.54) is 11.1 Å². The molecule has 0 heterocycles. The lowest BCUT2D eigenvalue weighted by Crippen LogP contribution is -1.93. The maximum Gasteiger partial charge on any atom is 0.327 e. The fraction of sp³-hybridized carbons (Fsp3) is 0.500. The molecule has 1 rings (SSSR count). The smallest absolute Gasteiger partial charge is 0.294 e. The normalized spacial score (nSPS) is 11.1. The average Bonchev–Trinajstić information content (AvgIpc) is 2.41. The molecule has 0 amide bonds. The summed E-state index contributed by atoms with van der Waals surface area (Å²) in [5, 5.41) is 0. The summed E-state index contributed by atoms with van der Waals surface area (Å²) >= 11 is 0. The highest BCUT2D eigenvalue weighted by molar-refractivity contribution is 7.17. The topological polar surface area (TPSA) is 52.6 Å². The molecule has 0 aliphatic heterocycles. The molecule has 0 radical (unpaired) electrons. The van der Waals surface area contributed by atoms with E-state index in [4.69, 9.17) is 9.05 Å². The number of benzene rings is 1. The van der Waals surface area contributed by atoms with Crippen molar-refractivity contribution in [2.75, 3.05) is 13.2 Å². The van der Waals surface area contributed by atoms with Crippen LogP contribution < -0.4 is 0 Å². The van der Waals surface area contributed by atoms with Crippen LogP contribution in [-0.4, -0.2) is 13.2 Å². The molecule has 0 aliphatic carbocycles. The van der Waals surface area contributed by atoms with Gasteiger partial charge in [-0.15, -0.1) is 0 Å². The van der Waals surface area contributed by atoms with E-state index in [1.807, 2.05) is 0 Å². The summed E-state index contributed by atoms with van der Waals surface area (Å²) in [5.74, 6) is 0. The van der Waals surface area contributed by atoms with Crippen LogP contribution in [-0.2, 0) is 31.0 Å². The van der Waals surface area contributed by atoms with Gasteiger partial charge in [-0.1, -0.05) is 24.3 Å². The Morgan fingerprint density at radius 1 is 0.778 bits per heavy atom. The highest BCUT2D eigenvalue weighted by atomic mass is 31.1. The van der Waals surface area contributed by atoms with Crippen LogP contribution in [0.2, 0.25) is 0 Å². The summed E-state index contributed by atoms with van der Waals surface area (Å²) in [5.41, 5.74) is 2.50. The van der Waals surface area contributed by atoms with E-state index in [2.05, 4.69) is 24.3 Å². The summed E-state index contributed by atoms with van der Waals surface area (Å²) in [6, 6.07) is 8.38. The minimum Gasteiger partial charge on any atom is -0.294 e. The van der Waals surface area contributed by atoms with E-state index in [-0.39, 0.29) is 17.4 Å². The van der Waals surface area contributed by atoms with Gasteiger partial charge in [-0.2, -0.15) is 0 Å². The minimum atomic E-state index is -0.247. The predicted molar refractivity (Wildman–Crippen MR) is 70.2 cm³/mol. The lowest BCUT2D eigenvalue weighted by Gasteiger charge is -2.03. The van der Waals surface area contributed by atoms with Gasteiger partial charge in [-0.05, 0) is 36.8 Å². The number of hydrogen-bond acceptors (Lipinski definition) is 4. The van der Waals surface area contributed by atoms with Crippen LogP contribution in [0.5, 0.6) is 0 Å². The second kappa shape index (κ2) is 10.3. The quantitative estimate of drug-likeness (QED) is 0.482. The Labute approximate surface area is 110 Å². The zero-order valence-corrected chi connectivity index (χ0v) is 11.9. The third kappa shape index (κ3) is 6.93. The van der Waals surface area contributed by atoms with Gasteiger partial charge in [0.05, 0.1) is 13.2 Å². The number of aryl methyl sites for hydroxylation is 2. The van der Waals surface area contributed by atoms with Crippen LogP contribution in [0.1, 0.15) is 24.0 Å². The molecule has 6 heteroatoms. The third-order valence-electron chi connectivity index (χ3n) is 2.53. The van der Waals surface area contributed by atoms with Gasteiger partial charge in [0.1, 0.15) is 0 Å². The van der Waals surface area contributed by atoms with E-state index in [9.17, 15) is 9.13 Å². The van der Waals surface area contributed by atoms with Crippen LogP contribution >= 0.6 is 17.4 Å². The van der Waals surface area contributed by atoms with E-state index in [0.29, 0.717) is 13.2 Å². The van der Waals surface area contributed by atoms with Crippen LogP contribution in [0.25, 0.3) is 0 Å². The van der Waals surface area contributed by atoms with Gasteiger partial charge < -0.3 is 0 Å². The van der Waals surface area contributed by atoms with Crippen LogP contribution in [0.4, 0.5) is 0 Å². The van der Waals surface area contributed by atoms with Crippen molar-refractivity contribution in [1.29, 1.82) is 0 Å². The molecule has 0 aromatic heterocycles. The van der Waals surface area contributed by atoms with E-state index in [1.54, 1.807) is 0 Å². The van der Waals surface area contributed by atoms with Gasteiger partial charge in [-0.25, -0.2) is 9.13 Å². The zero-order chi connectivity index (χ0) is 13.1. The van der Waals surface area contributed by atoms with Crippen LogP contribution in [0.15, 0.2) is 24.3 Å². The molecule has 0 fully saturated rings. The first-order valence-electron chi connectivity index (χ1n) is 5.84. The molecule has 0 saturated heterocycles. The molecular formula is C12H16O4P2. The third-order valence-corrected chi connectivity index (χ3v) is 3.11. The molecule has 1 aromatic carbocycles. The van der Waals surface area contributed by atoms with Crippen molar-refractivity contribution < 1.29 is 18.2 Å². The molecule has 0 atom stereocenters. The number of rotatable bonds is 10. The van der Waals surface area contributed by atoms with Gasteiger partial charge >= 0.3 is 17.4 Å². The van der Waals surface area contributed by atoms with Crippen LogP contribution in [0.3, 0.4) is 0 Å². The van der Waals surface area contributed by atoms with Crippen molar-refractivity contribution >= 4 is 17.4 Å². The molecule has 0 saturated carbocycles. The van der Waals surface area contributed by atoms with Crippen molar-refractivity contribution in [3.8, 4) is 0 Å². The zero-order valence-electron chi connectivity index (χ0n) is 10.1. The molecule has 4 nitrogen and oxygen atoms in total. The predicted octanol–water partition coefficient (Wildman–Crippen LogP) is 4.00. The summed E-state index contributed by atoms with van der Waals surface area (Å²) in [6.45, 7) is 1.02. The van der Waals surface area contributed by atoms with Crippen molar-refractivity contribution in [2.24, 2.45) is 0 Å². The highest BCUT2D eigenvalue weighted by Gasteiger charge is 1.97. The first-order valence-corrected chi connectivity index (χ1v) is 7.30. The molecule has 0 N–H and O–H groups in total. The average molecular weight is 286 g/mol. The van der Waals surface area contributed by atoms with Gasteiger partial charge in [0.25, 0.3) is 0 Å². The first-order chi connectivity index (χ1) is 8.86. The number of hydrogen-bond donors (Lipinski definition) is 0. The van der Waals surface area contributed by atoms with E-state index in [0.717, 1.165) is 25.7 Å². The first kappa shape index (κ1) is 15.4. The Bertz CT molecular complexity index is 319. The maximum atomic E-state index is 10.1. The monoisotopic (exact) mass is 286 g/mol. The Balaban J connectivity index is 2.24. The Hall–Kier alpha value is -0.660. The summed E-state index contributed by atoms with van der Waals surface area (Å²) in [7, 11) is -0.494. The lowest BCUT2D eigenvalue weighted by atomic mass is 10.0. The standard InChI is InChI=1S/C12H16O4P2/c13-17-15-9-1-3-11-5-7-12(8-6-11)4-2-10-16-18-14/h5-8H,1-4,9-10H2. The Morgan fingerprint density at radius 2 is 1.17 bits per heavy atom. The molecule has 0 bridgehead atoms. The minimum absolute atomic E-state index is 0.247. The SMILES string of the molecule is O=POCCCc1ccc(CCCOP=O)cc1. The highest BCUT2D eigenvalue weighted by Crippen LogP contribution is 2.10. The second-order valence-corrected chi connectivity index (χ2v) is 4.65. The maximum absolute atomic E-state index is 10.1. The van der Waals surface area contributed by atoms with Crippen LogP contribution in [0, 0.1) is 0 Å². The molecule has 0 aliphatic rings. The molecule has 0 spiro atoms. The Kier molecular flexibility index (Phi) is 8.79. The molecule has 18 heavy (non-hydrogen) atoms. The molecule has 0 unspecified atom stereocenters. The Morgan fingerprint density at radius 3 is 1.50 bits per heavy atom. The van der Waals surface area contributed by atoms with Crippen molar-refractivity contribution in [3.63, 3.8) is 0 Å². The van der Waals surface area contributed by atoms with Gasteiger partial charge in [0, 0.05) is 0 Å². The fourth-order valence-corrected chi connectivity index (χ4v) is 2.04. The van der Waals surface area contributed by atoms with Gasteiger partial charge in [0.15, 0.2) is 0 Å². The molecular weight excluding hydrogens is 270 g/mol. The van der Waals surface area contributed by atoms with Crippen molar-refractivity contribution in [1.82, 2.24) is 0 Å². The largest absolute Gasteiger partial charge is 0.327 e. The lowest BCUT2D eigenvalue weighted by molar-refractivity contribution is 0.335. The van der Waals surface area contributed by atoms with E-state index < -0.39 is 0 Å². The molecule has 1 aromatic rings. The summed E-state index contributed by atoms with van der Waals surface area (Å²) in [6.07, 6.45) is 3.58. The van der Waals surface area contributed by atoms with Gasteiger partial charge in [0.2, 0.25) is 0 Å². The fourth-order valence-electron chi connectivity index (χ4n) is 1.63. The van der Waals surface area contributed by atoms with Gasteiger partial charge in [-0.3, -0.25) is 9.05 Å². The molecule has 98 valence electrons. The van der Waals surface area contributed by atoms with E-state index >= 15 is 0 Å². The van der Waals surface area contributed by atoms with Crippen molar-refractivity contribution in [2.45, 2.75) is 25.7 Å². The van der Waals surface area contributed by atoms with Crippen molar-refractivity contribution in [3.05, 3.63) is 35.4 Å². The summed E-state index contributed by atoms with van der Waals surface area (Å²) < 4.78 is 29.6.